The van der Waals surface area contributed by atoms with Crippen molar-refractivity contribution in [3.63, 3.8) is 0 Å². The first-order chi connectivity index (χ1) is 6.59. The van der Waals surface area contributed by atoms with Crippen molar-refractivity contribution < 1.29 is 0 Å². The van der Waals surface area contributed by atoms with Gasteiger partial charge in [0.1, 0.15) is 0 Å². The zero-order valence-corrected chi connectivity index (χ0v) is 9.05. The molecule has 76 valence electrons. The van der Waals surface area contributed by atoms with Crippen LogP contribution in [0, 0.1) is 12.8 Å². The van der Waals surface area contributed by atoms with E-state index in [9.17, 15) is 4.79 Å². The maximum absolute atomic E-state index is 11.5. The van der Waals surface area contributed by atoms with Crippen LogP contribution in [-0.2, 0) is 6.42 Å². The Bertz CT molecular complexity index is 405. The van der Waals surface area contributed by atoms with E-state index in [0.29, 0.717) is 11.8 Å². The second-order valence-corrected chi connectivity index (χ2v) is 4.53. The van der Waals surface area contributed by atoms with Crippen LogP contribution in [0.4, 0.5) is 0 Å². The second-order valence-electron chi connectivity index (χ2n) is 4.53. The smallest absolute Gasteiger partial charge is 0.251 e. The van der Waals surface area contributed by atoms with E-state index in [4.69, 9.17) is 0 Å². The summed E-state index contributed by atoms with van der Waals surface area (Å²) in [5.41, 5.74) is 3.42. The fourth-order valence-corrected chi connectivity index (χ4v) is 2.24. The summed E-state index contributed by atoms with van der Waals surface area (Å²) in [7, 11) is 0. The number of hydrogen-bond donors (Lipinski definition) is 1. The van der Waals surface area contributed by atoms with Gasteiger partial charge in [0.25, 0.3) is 5.56 Å². The quantitative estimate of drug-likeness (QED) is 0.671. The number of aromatic amines is 1. The van der Waals surface area contributed by atoms with Gasteiger partial charge < -0.3 is 4.98 Å². The van der Waals surface area contributed by atoms with Gasteiger partial charge in [-0.05, 0) is 43.2 Å². The van der Waals surface area contributed by atoms with Crippen molar-refractivity contribution in [1.82, 2.24) is 4.98 Å². The average Bonchev–Trinajstić information content (AvgIpc) is 2.15. The molecular formula is C12H17NO. The number of aromatic nitrogens is 1. The molecule has 0 saturated heterocycles. The van der Waals surface area contributed by atoms with E-state index in [1.54, 1.807) is 0 Å². The van der Waals surface area contributed by atoms with E-state index in [1.807, 2.05) is 6.92 Å². The maximum atomic E-state index is 11.5. The molecule has 2 unspecified atom stereocenters. The number of nitrogens with one attached hydrogen (secondary N) is 1. The summed E-state index contributed by atoms with van der Waals surface area (Å²) in [6.45, 7) is 6.33. The van der Waals surface area contributed by atoms with Crippen molar-refractivity contribution in [1.29, 1.82) is 0 Å². The maximum Gasteiger partial charge on any atom is 0.251 e. The molecule has 1 aliphatic rings. The predicted molar refractivity (Wildman–Crippen MR) is 57.7 cm³/mol. The summed E-state index contributed by atoms with van der Waals surface area (Å²) in [5, 5.41) is 0. The van der Waals surface area contributed by atoms with Gasteiger partial charge in [-0.15, -0.1) is 0 Å². The Morgan fingerprint density at radius 2 is 2.14 bits per heavy atom. The molecule has 14 heavy (non-hydrogen) atoms. The summed E-state index contributed by atoms with van der Waals surface area (Å²) in [4.78, 5) is 14.5. The number of pyridine rings is 1. The number of rotatable bonds is 0. The fraction of sp³-hybridized carbons (Fsp3) is 0.583. The van der Waals surface area contributed by atoms with Crippen LogP contribution in [0.15, 0.2) is 10.9 Å². The highest BCUT2D eigenvalue weighted by molar-refractivity contribution is 5.29. The summed E-state index contributed by atoms with van der Waals surface area (Å²) >= 11 is 0. The average molecular weight is 191 g/mol. The Morgan fingerprint density at radius 1 is 1.43 bits per heavy atom. The zero-order chi connectivity index (χ0) is 10.3. The lowest BCUT2D eigenvalue weighted by molar-refractivity contribution is 0.415. The predicted octanol–water partition coefficient (Wildman–Crippen LogP) is 2.37. The number of aryl methyl sites for hydroxylation is 2. The first-order valence-corrected chi connectivity index (χ1v) is 5.32. The Labute approximate surface area is 84.4 Å². The lowest BCUT2D eigenvalue weighted by Gasteiger charge is -2.28. The number of H-pyrrole nitrogens is 1. The molecule has 2 nitrogen and oxygen atoms in total. The first-order valence-electron chi connectivity index (χ1n) is 5.32. The third-order valence-electron chi connectivity index (χ3n) is 3.52. The van der Waals surface area contributed by atoms with Crippen molar-refractivity contribution in [2.75, 3.05) is 0 Å². The van der Waals surface area contributed by atoms with Gasteiger partial charge in [0, 0.05) is 11.3 Å². The molecule has 1 heterocycles. The third-order valence-corrected chi connectivity index (χ3v) is 3.52. The van der Waals surface area contributed by atoms with Gasteiger partial charge in [0.15, 0.2) is 0 Å². The molecule has 0 bridgehead atoms. The van der Waals surface area contributed by atoms with Crippen LogP contribution in [-0.4, -0.2) is 4.98 Å². The Kier molecular flexibility index (Phi) is 2.22. The van der Waals surface area contributed by atoms with E-state index in [2.05, 4.69) is 24.9 Å². The van der Waals surface area contributed by atoms with Crippen LogP contribution in [0.2, 0.25) is 0 Å². The van der Waals surface area contributed by atoms with Gasteiger partial charge in [-0.25, -0.2) is 0 Å². The molecule has 0 aliphatic heterocycles. The minimum absolute atomic E-state index is 0.0738. The van der Waals surface area contributed by atoms with Gasteiger partial charge in [-0.2, -0.15) is 0 Å². The lowest BCUT2D eigenvalue weighted by atomic mass is 9.80. The molecule has 1 N–H and O–H groups in total. The summed E-state index contributed by atoms with van der Waals surface area (Å²) in [6, 6.07) is 2.05. The van der Waals surface area contributed by atoms with Crippen LogP contribution in [0.1, 0.15) is 43.0 Å². The van der Waals surface area contributed by atoms with Crippen molar-refractivity contribution in [3.8, 4) is 0 Å². The summed E-state index contributed by atoms with van der Waals surface area (Å²) < 4.78 is 0. The zero-order valence-electron chi connectivity index (χ0n) is 9.05. The molecule has 2 heteroatoms. The molecular weight excluding hydrogens is 174 g/mol. The van der Waals surface area contributed by atoms with Crippen LogP contribution in [0.3, 0.4) is 0 Å². The van der Waals surface area contributed by atoms with Crippen LogP contribution in [0.25, 0.3) is 0 Å². The monoisotopic (exact) mass is 191 g/mol. The molecule has 1 aliphatic carbocycles. The SMILES string of the molecule is Cc1cc2c([nH]c1=O)C(C)C(C)CC2. The molecule has 0 fully saturated rings. The van der Waals surface area contributed by atoms with Crippen molar-refractivity contribution in [2.24, 2.45) is 5.92 Å². The standard InChI is InChI=1S/C12H17NO/c1-7-4-5-10-6-8(2)12(14)13-11(10)9(7)3/h6-7,9H,4-5H2,1-3H3,(H,13,14). The first kappa shape index (κ1) is 9.50. The summed E-state index contributed by atoms with van der Waals surface area (Å²) in [5.74, 6) is 1.17. The topological polar surface area (TPSA) is 32.9 Å². The van der Waals surface area contributed by atoms with Crippen LogP contribution >= 0.6 is 0 Å². The van der Waals surface area contributed by atoms with Gasteiger partial charge >= 0.3 is 0 Å². The van der Waals surface area contributed by atoms with E-state index in [0.717, 1.165) is 12.0 Å². The van der Waals surface area contributed by atoms with E-state index in [1.165, 1.54) is 17.7 Å². The fourth-order valence-electron chi connectivity index (χ4n) is 2.24. The highest BCUT2D eigenvalue weighted by Crippen LogP contribution is 2.33. The summed E-state index contributed by atoms with van der Waals surface area (Å²) in [6.07, 6.45) is 2.35. The highest BCUT2D eigenvalue weighted by Gasteiger charge is 2.23. The minimum atomic E-state index is 0.0738. The minimum Gasteiger partial charge on any atom is -0.325 e. The van der Waals surface area contributed by atoms with E-state index >= 15 is 0 Å². The van der Waals surface area contributed by atoms with Gasteiger partial charge in [0.2, 0.25) is 0 Å². The molecule has 0 radical (unpaired) electrons. The Morgan fingerprint density at radius 3 is 2.86 bits per heavy atom. The van der Waals surface area contributed by atoms with Gasteiger partial charge in [-0.1, -0.05) is 13.8 Å². The largest absolute Gasteiger partial charge is 0.325 e. The molecule has 1 aromatic rings. The van der Waals surface area contributed by atoms with Gasteiger partial charge in [-0.3, -0.25) is 4.79 Å². The van der Waals surface area contributed by atoms with E-state index in [-0.39, 0.29) is 5.56 Å². The molecule has 2 atom stereocenters. The van der Waals surface area contributed by atoms with Gasteiger partial charge in [0.05, 0.1) is 0 Å². The van der Waals surface area contributed by atoms with Crippen molar-refractivity contribution in [2.45, 2.75) is 39.5 Å². The second kappa shape index (κ2) is 3.26. The van der Waals surface area contributed by atoms with Crippen molar-refractivity contribution >= 4 is 0 Å². The number of fused-ring (bicyclic) bond motifs is 1. The Balaban J connectivity index is 2.56. The molecule has 0 saturated carbocycles. The molecule has 0 spiro atoms. The molecule has 0 aromatic carbocycles. The normalized spacial score (nSPS) is 25.9. The molecule has 0 amide bonds. The highest BCUT2D eigenvalue weighted by atomic mass is 16.1. The molecule has 2 rings (SSSR count). The van der Waals surface area contributed by atoms with Crippen LogP contribution < -0.4 is 5.56 Å². The molecule has 1 aromatic heterocycles. The Hall–Kier alpha value is -1.05. The third kappa shape index (κ3) is 1.39. The number of hydrogen-bond acceptors (Lipinski definition) is 1. The lowest BCUT2D eigenvalue weighted by Crippen LogP contribution is -2.23. The van der Waals surface area contributed by atoms with Crippen molar-refractivity contribution in [3.05, 3.63) is 33.2 Å². The van der Waals surface area contributed by atoms with E-state index < -0.39 is 0 Å². The van der Waals surface area contributed by atoms with Crippen LogP contribution in [0.5, 0.6) is 0 Å².